The van der Waals surface area contributed by atoms with E-state index in [0.717, 1.165) is 10.3 Å². The highest BCUT2D eigenvalue weighted by Gasteiger charge is 2.51. The predicted molar refractivity (Wildman–Crippen MR) is 106 cm³/mol. The molecule has 148 valence electrons. The van der Waals surface area contributed by atoms with Gasteiger partial charge in [-0.1, -0.05) is 18.2 Å². The molecular formula is C20H17FN4O3S. The fourth-order valence-electron chi connectivity index (χ4n) is 3.37. The van der Waals surface area contributed by atoms with E-state index in [0.29, 0.717) is 22.5 Å². The van der Waals surface area contributed by atoms with Gasteiger partial charge in [0.15, 0.2) is 5.54 Å². The zero-order chi connectivity index (χ0) is 20.6. The molecule has 7 nitrogen and oxygen atoms in total. The number of amides is 4. The first-order valence-electron chi connectivity index (χ1n) is 8.85. The molecule has 1 aliphatic heterocycles. The number of nitrogens with one attached hydrogen (secondary N) is 2. The van der Waals surface area contributed by atoms with Gasteiger partial charge in [0, 0.05) is 6.54 Å². The summed E-state index contributed by atoms with van der Waals surface area (Å²) in [5, 5.41) is 5.30. The number of imide groups is 1. The fraction of sp³-hybridized carbons (Fsp3) is 0.200. The molecule has 1 atom stereocenters. The van der Waals surface area contributed by atoms with E-state index in [1.54, 1.807) is 13.0 Å². The lowest BCUT2D eigenvalue weighted by Crippen LogP contribution is -2.52. The van der Waals surface area contributed by atoms with E-state index in [1.807, 2.05) is 24.3 Å². The molecule has 2 N–H and O–H groups in total. The van der Waals surface area contributed by atoms with Crippen molar-refractivity contribution in [2.24, 2.45) is 0 Å². The molecular weight excluding hydrogens is 395 g/mol. The normalized spacial score (nSPS) is 18.6. The summed E-state index contributed by atoms with van der Waals surface area (Å²) < 4.78 is 14.2. The first-order chi connectivity index (χ1) is 13.9. The van der Waals surface area contributed by atoms with Crippen LogP contribution in [0.2, 0.25) is 0 Å². The van der Waals surface area contributed by atoms with Crippen LogP contribution in [0.15, 0.2) is 42.5 Å². The number of aryl methyl sites for hydroxylation is 1. The van der Waals surface area contributed by atoms with Crippen LogP contribution in [-0.4, -0.2) is 34.8 Å². The van der Waals surface area contributed by atoms with E-state index in [-0.39, 0.29) is 18.9 Å². The van der Waals surface area contributed by atoms with E-state index in [4.69, 9.17) is 0 Å². The number of carbonyl (C=O) groups excluding carboxylic acids is 3. The summed E-state index contributed by atoms with van der Waals surface area (Å²) in [7, 11) is 0. The second-order valence-electron chi connectivity index (χ2n) is 6.88. The van der Waals surface area contributed by atoms with Gasteiger partial charge >= 0.3 is 6.03 Å². The molecule has 9 heteroatoms. The third kappa shape index (κ3) is 3.44. The predicted octanol–water partition coefficient (Wildman–Crippen LogP) is 2.44. The molecule has 1 fully saturated rings. The van der Waals surface area contributed by atoms with Crippen molar-refractivity contribution < 1.29 is 18.8 Å². The first-order valence-corrected chi connectivity index (χ1v) is 9.67. The van der Waals surface area contributed by atoms with Crippen molar-refractivity contribution in [1.82, 2.24) is 20.5 Å². The van der Waals surface area contributed by atoms with E-state index in [1.165, 1.54) is 28.4 Å². The number of carbonyl (C=O) groups is 3. The van der Waals surface area contributed by atoms with Gasteiger partial charge in [-0.2, -0.15) is 0 Å². The Kier molecular flexibility index (Phi) is 4.75. The fourth-order valence-corrected chi connectivity index (χ4v) is 4.47. The molecule has 4 rings (SSSR count). The molecule has 2 aromatic carbocycles. The molecule has 0 unspecified atom stereocenters. The minimum absolute atomic E-state index is 0.106. The molecule has 0 aliphatic carbocycles. The van der Waals surface area contributed by atoms with Crippen molar-refractivity contribution in [3.05, 3.63) is 64.4 Å². The number of benzene rings is 2. The van der Waals surface area contributed by atoms with Gasteiger partial charge in [-0.15, -0.1) is 11.3 Å². The number of nitrogens with zero attached hydrogens (tertiary/aromatic N) is 2. The molecule has 2 heterocycles. The minimum Gasteiger partial charge on any atom is -0.338 e. The van der Waals surface area contributed by atoms with Gasteiger partial charge in [0.25, 0.3) is 5.91 Å². The van der Waals surface area contributed by atoms with Crippen LogP contribution in [0.3, 0.4) is 0 Å². The highest BCUT2D eigenvalue weighted by Crippen LogP contribution is 2.33. The Morgan fingerprint density at radius 2 is 2.03 bits per heavy atom. The Morgan fingerprint density at radius 1 is 1.24 bits per heavy atom. The summed E-state index contributed by atoms with van der Waals surface area (Å²) in [6.45, 7) is 1.80. The molecule has 3 aromatic rings. The lowest BCUT2D eigenvalue weighted by molar-refractivity contribution is -0.127. The first kappa shape index (κ1) is 19.0. The van der Waals surface area contributed by atoms with Crippen LogP contribution in [0.1, 0.15) is 16.1 Å². The minimum atomic E-state index is -1.49. The van der Waals surface area contributed by atoms with Gasteiger partial charge in [-0.25, -0.2) is 14.2 Å². The maximum Gasteiger partial charge on any atom is 0.322 e. The molecule has 29 heavy (non-hydrogen) atoms. The summed E-state index contributed by atoms with van der Waals surface area (Å²) in [5.74, 6) is -0.929. The highest BCUT2D eigenvalue weighted by molar-refractivity contribution is 7.18. The van der Waals surface area contributed by atoms with E-state index in [2.05, 4.69) is 15.6 Å². The van der Waals surface area contributed by atoms with Crippen molar-refractivity contribution in [2.75, 3.05) is 6.54 Å². The van der Waals surface area contributed by atoms with Gasteiger partial charge in [0.1, 0.15) is 10.8 Å². The number of rotatable bonds is 6. The molecule has 1 saturated heterocycles. The molecule has 0 saturated carbocycles. The Hall–Kier alpha value is -3.33. The quantitative estimate of drug-likeness (QED) is 0.481. The topological polar surface area (TPSA) is 91.4 Å². The number of thiazole rings is 1. The van der Waals surface area contributed by atoms with Crippen molar-refractivity contribution in [1.29, 1.82) is 0 Å². The van der Waals surface area contributed by atoms with Crippen LogP contribution in [0.4, 0.5) is 9.18 Å². The van der Waals surface area contributed by atoms with Crippen LogP contribution in [0, 0.1) is 12.7 Å². The molecule has 0 bridgehead atoms. The van der Waals surface area contributed by atoms with Gasteiger partial charge in [-0.05, 0) is 42.3 Å². The average molecular weight is 412 g/mol. The summed E-state index contributed by atoms with van der Waals surface area (Å²) in [6.07, 6.45) is 0.607. The van der Waals surface area contributed by atoms with Crippen LogP contribution >= 0.6 is 11.3 Å². The zero-order valence-corrected chi connectivity index (χ0v) is 16.3. The Labute approximate surface area is 169 Å². The molecule has 0 spiro atoms. The summed E-state index contributed by atoms with van der Waals surface area (Å²) in [4.78, 5) is 42.4. The van der Waals surface area contributed by atoms with Crippen molar-refractivity contribution in [3.8, 4) is 0 Å². The molecule has 1 aliphatic rings. The summed E-state index contributed by atoms with van der Waals surface area (Å²) in [5.41, 5.74) is 0.636. The van der Waals surface area contributed by atoms with Crippen molar-refractivity contribution >= 4 is 39.9 Å². The van der Waals surface area contributed by atoms with E-state index < -0.39 is 17.5 Å². The van der Waals surface area contributed by atoms with Crippen LogP contribution in [0.25, 0.3) is 10.2 Å². The van der Waals surface area contributed by atoms with Crippen LogP contribution < -0.4 is 10.6 Å². The maximum atomic E-state index is 13.4. The molecule has 0 radical (unpaired) electrons. The van der Waals surface area contributed by atoms with Gasteiger partial charge in [0.05, 0.1) is 16.8 Å². The molecule has 1 aromatic heterocycles. The van der Waals surface area contributed by atoms with E-state index >= 15 is 0 Å². The van der Waals surface area contributed by atoms with Gasteiger partial charge < -0.3 is 10.2 Å². The number of urea groups is 1. The maximum absolute atomic E-state index is 13.4. The number of hydrogen-bond acceptors (Lipinski definition) is 5. The number of aromatic nitrogens is 1. The summed E-state index contributed by atoms with van der Waals surface area (Å²) in [6, 6.07) is 11.0. The average Bonchev–Trinajstić information content (AvgIpc) is 3.24. The third-order valence-electron chi connectivity index (χ3n) is 4.87. The van der Waals surface area contributed by atoms with Gasteiger partial charge in [0.2, 0.25) is 6.41 Å². The second kappa shape index (κ2) is 7.25. The monoisotopic (exact) mass is 412 g/mol. The van der Waals surface area contributed by atoms with Gasteiger partial charge in [-0.3, -0.25) is 14.9 Å². The zero-order valence-electron chi connectivity index (χ0n) is 15.4. The lowest BCUT2D eigenvalue weighted by atomic mass is 9.99. The van der Waals surface area contributed by atoms with E-state index in [9.17, 15) is 18.8 Å². The number of fused-ring (bicyclic) bond motifs is 1. The van der Waals surface area contributed by atoms with Crippen LogP contribution in [-0.2, 0) is 21.7 Å². The third-order valence-corrected chi connectivity index (χ3v) is 6.07. The number of hydrogen-bond donors (Lipinski definition) is 2. The Balaban J connectivity index is 1.70. The van der Waals surface area contributed by atoms with Crippen molar-refractivity contribution in [3.63, 3.8) is 0 Å². The second-order valence-corrected chi connectivity index (χ2v) is 7.91. The smallest absolute Gasteiger partial charge is 0.322 e. The SMILES string of the molecule is Cc1cc(F)ccc1CN(C=O)C[C@@]1(c2nc3ccccc3s2)NC(=O)NC1=O. The Morgan fingerprint density at radius 3 is 2.69 bits per heavy atom. The highest BCUT2D eigenvalue weighted by atomic mass is 32.1. The number of para-hydroxylation sites is 1. The Bertz CT molecular complexity index is 1100. The van der Waals surface area contributed by atoms with Crippen molar-refractivity contribution in [2.45, 2.75) is 19.0 Å². The lowest BCUT2D eigenvalue weighted by Gasteiger charge is -2.29. The molecule has 4 amide bonds. The van der Waals surface area contributed by atoms with Crippen LogP contribution in [0.5, 0.6) is 0 Å². The number of halogens is 1. The largest absolute Gasteiger partial charge is 0.338 e. The standard InChI is InChI=1S/C20H17FN4O3S/c1-12-8-14(21)7-6-13(12)9-25(11-26)10-20(17(27)23-19(28)24-20)18-22-15-4-2-3-5-16(15)29-18/h2-8,11H,9-10H2,1H3,(H2,23,24,27,28)/t20-/m1/s1. The summed E-state index contributed by atoms with van der Waals surface area (Å²) >= 11 is 1.28.